The fourth-order valence-electron chi connectivity index (χ4n) is 2.10. The normalized spacial score (nSPS) is 12.5. The molecule has 0 spiro atoms. The van der Waals surface area contributed by atoms with Crippen LogP contribution >= 0.6 is 0 Å². The summed E-state index contributed by atoms with van der Waals surface area (Å²) in [4.78, 5) is 46.0. The molecule has 1 rings (SSSR count). The molecule has 0 aliphatic carbocycles. The van der Waals surface area contributed by atoms with E-state index < -0.39 is 29.9 Å². The largest absolute Gasteiger partial charge is 0.467 e. The second kappa shape index (κ2) is 9.41. The molecule has 2 atom stereocenters. The molecule has 8 heteroatoms. The maximum absolute atomic E-state index is 12.3. The lowest BCUT2D eigenvalue weighted by atomic mass is 10.0. The van der Waals surface area contributed by atoms with Gasteiger partial charge in [-0.1, -0.05) is 12.1 Å². The molecule has 0 bridgehead atoms. The van der Waals surface area contributed by atoms with Crippen LogP contribution in [0.15, 0.2) is 24.3 Å². The van der Waals surface area contributed by atoms with Gasteiger partial charge in [-0.15, -0.1) is 0 Å². The summed E-state index contributed by atoms with van der Waals surface area (Å²) in [6.45, 7) is 4.09. The summed E-state index contributed by atoms with van der Waals surface area (Å²) in [6.07, 6.45) is 0.208. The van der Waals surface area contributed by atoms with Gasteiger partial charge in [0.1, 0.15) is 17.8 Å². The SMILES string of the molecule is COC(=O)[C@H](C)NC(=O)[C@H](Cc1ccc(OC(C)=O)cc1)NC(C)=O. The molecule has 0 aliphatic heterocycles. The number of carbonyl (C=O) groups is 4. The third-order valence-corrected chi connectivity index (χ3v) is 3.23. The van der Waals surface area contributed by atoms with Crippen LogP contribution in [0.4, 0.5) is 0 Å². The first-order valence-corrected chi connectivity index (χ1v) is 7.65. The quantitative estimate of drug-likeness (QED) is 0.542. The van der Waals surface area contributed by atoms with Crippen molar-refractivity contribution in [1.82, 2.24) is 10.6 Å². The number of benzene rings is 1. The number of methoxy groups -OCH3 is 1. The first kappa shape index (κ1) is 20.1. The van der Waals surface area contributed by atoms with Crippen LogP contribution in [0.25, 0.3) is 0 Å². The van der Waals surface area contributed by atoms with Crippen LogP contribution in [0.3, 0.4) is 0 Å². The zero-order valence-corrected chi connectivity index (χ0v) is 14.6. The van der Waals surface area contributed by atoms with Crippen molar-refractivity contribution in [2.45, 2.75) is 39.3 Å². The minimum absolute atomic E-state index is 0.208. The Hall–Kier alpha value is -2.90. The average Bonchev–Trinajstić information content (AvgIpc) is 2.54. The van der Waals surface area contributed by atoms with E-state index in [-0.39, 0.29) is 12.3 Å². The lowest BCUT2D eigenvalue weighted by Gasteiger charge is -2.20. The Balaban J connectivity index is 2.81. The molecule has 2 amide bonds. The molecule has 1 aromatic carbocycles. The first-order chi connectivity index (χ1) is 11.7. The lowest BCUT2D eigenvalue weighted by Crippen LogP contribution is -2.51. The van der Waals surface area contributed by atoms with E-state index in [2.05, 4.69) is 15.4 Å². The Morgan fingerprint density at radius 1 is 1.04 bits per heavy atom. The van der Waals surface area contributed by atoms with Crippen molar-refractivity contribution >= 4 is 23.8 Å². The van der Waals surface area contributed by atoms with Gasteiger partial charge in [-0.2, -0.15) is 0 Å². The highest BCUT2D eigenvalue weighted by atomic mass is 16.5. The highest BCUT2D eigenvalue weighted by Gasteiger charge is 2.24. The second-order valence-electron chi connectivity index (χ2n) is 5.45. The van der Waals surface area contributed by atoms with Crippen molar-refractivity contribution in [3.05, 3.63) is 29.8 Å². The molecule has 0 saturated heterocycles. The first-order valence-electron chi connectivity index (χ1n) is 7.65. The van der Waals surface area contributed by atoms with Crippen LogP contribution < -0.4 is 15.4 Å². The Kier molecular flexibility index (Phi) is 7.58. The molecule has 0 fully saturated rings. The Morgan fingerprint density at radius 2 is 1.64 bits per heavy atom. The molecule has 25 heavy (non-hydrogen) atoms. The molecule has 8 nitrogen and oxygen atoms in total. The van der Waals surface area contributed by atoms with Gasteiger partial charge in [-0.3, -0.25) is 14.4 Å². The van der Waals surface area contributed by atoms with Crippen LogP contribution in [0.1, 0.15) is 26.3 Å². The number of hydrogen-bond acceptors (Lipinski definition) is 6. The van der Waals surface area contributed by atoms with Gasteiger partial charge < -0.3 is 20.1 Å². The maximum atomic E-state index is 12.3. The summed E-state index contributed by atoms with van der Waals surface area (Å²) in [5, 5.41) is 5.05. The van der Waals surface area contributed by atoms with Crippen LogP contribution in [0.5, 0.6) is 5.75 Å². The van der Waals surface area contributed by atoms with Gasteiger partial charge in [0.15, 0.2) is 0 Å². The van der Waals surface area contributed by atoms with Gasteiger partial charge in [0.25, 0.3) is 0 Å². The summed E-state index contributed by atoms with van der Waals surface area (Å²) in [5.74, 6) is -1.50. The van der Waals surface area contributed by atoms with Gasteiger partial charge in [-0.05, 0) is 24.6 Å². The molecular formula is C17H22N2O6. The molecule has 0 heterocycles. The minimum atomic E-state index is -0.857. The van der Waals surface area contributed by atoms with E-state index in [0.29, 0.717) is 5.75 Å². The van der Waals surface area contributed by atoms with Crippen molar-refractivity contribution in [3.63, 3.8) is 0 Å². The summed E-state index contributed by atoms with van der Waals surface area (Å²) in [6, 6.07) is 4.87. The van der Waals surface area contributed by atoms with E-state index in [1.165, 1.54) is 27.9 Å². The molecule has 136 valence electrons. The minimum Gasteiger partial charge on any atom is -0.467 e. The monoisotopic (exact) mass is 350 g/mol. The van der Waals surface area contributed by atoms with E-state index in [4.69, 9.17) is 4.74 Å². The molecule has 0 aromatic heterocycles. The van der Waals surface area contributed by atoms with Gasteiger partial charge in [0.05, 0.1) is 7.11 Å². The molecule has 0 unspecified atom stereocenters. The predicted molar refractivity (Wildman–Crippen MR) is 88.7 cm³/mol. The number of hydrogen-bond donors (Lipinski definition) is 2. The van der Waals surface area contributed by atoms with Gasteiger partial charge in [0.2, 0.25) is 11.8 Å². The molecular weight excluding hydrogens is 328 g/mol. The fourth-order valence-corrected chi connectivity index (χ4v) is 2.10. The number of ether oxygens (including phenoxy) is 2. The summed E-state index contributed by atoms with van der Waals surface area (Å²) in [7, 11) is 1.22. The smallest absolute Gasteiger partial charge is 0.328 e. The average molecular weight is 350 g/mol. The third kappa shape index (κ3) is 7.03. The zero-order valence-electron chi connectivity index (χ0n) is 14.6. The van der Waals surface area contributed by atoms with E-state index in [9.17, 15) is 19.2 Å². The number of amides is 2. The van der Waals surface area contributed by atoms with Crippen LogP contribution in [-0.4, -0.2) is 42.9 Å². The van der Waals surface area contributed by atoms with Crippen molar-refractivity contribution in [2.24, 2.45) is 0 Å². The molecule has 0 aliphatic rings. The van der Waals surface area contributed by atoms with E-state index >= 15 is 0 Å². The van der Waals surface area contributed by atoms with Gasteiger partial charge >= 0.3 is 11.9 Å². The highest BCUT2D eigenvalue weighted by Crippen LogP contribution is 2.14. The van der Waals surface area contributed by atoms with Crippen molar-refractivity contribution in [1.29, 1.82) is 0 Å². The standard InChI is InChI=1S/C17H22N2O6/c1-10(17(23)24-4)18-16(22)15(19-11(2)20)9-13-5-7-14(8-6-13)25-12(3)21/h5-8,10,15H,9H2,1-4H3,(H,18,22)(H,19,20)/t10-,15-/m0/s1. The van der Waals surface area contributed by atoms with E-state index in [0.717, 1.165) is 5.56 Å². The van der Waals surface area contributed by atoms with Gasteiger partial charge in [0, 0.05) is 20.3 Å². The van der Waals surface area contributed by atoms with Crippen molar-refractivity contribution in [2.75, 3.05) is 7.11 Å². The highest BCUT2D eigenvalue weighted by molar-refractivity contribution is 5.90. The number of esters is 2. The van der Waals surface area contributed by atoms with Gasteiger partial charge in [-0.25, -0.2) is 4.79 Å². The Labute approximate surface area is 145 Å². The van der Waals surface area contributed by atoms with E-state index in [1.54, 1.807) is 24.3 Å². The van der Waals surface area contributed by atoms with Crippen LogP contribution in [0.2, 0.25) is 0 Å². The molecule has 0 radical (unpaired) electrons. The van der Waals surface area contributed by atoms with Crippen molar-refractivity contribution in [3.8, 4) is 5.75 Å². The lowest BCUT2D eigenvalue weighted by molar-refractivity contribution is -0.144. The van der Waals surface area contributed by atoms with Crippen LogP contribution in [0, 0.1) is 0 Å². The Bertz CT molecular complexity index is 641. The maximum Gasteiger partial charge on any atom is 0.328 e. The summed E-state index contributed by atoms with van der Waals surface area (Å²) < 4.78 is 9.49. The van der Waals surface area contributed by atoms with E-state index in [1.807, 2.05) is 0 Å². The summed E-state index contributed by atoms with van der Waals surface area (Å²) in [5.41, 5.74) is 0.746. The molecule has 2 N–H and O–H groups in total. The number of rotatable bonds is 7. The van der Waals surface area contributed by atoms with Crippen LogP contribution in [-0.2, 0) is 30.3 Å². The Morgan fingerprint density at radius 3 is 2.12 bits per heavy atom. The second-order valence-corrected chi connectivity index (χ2v) is 5.45. The zero-order chi connectivity index (χ0) is 19.0. The summed E-state index contributed by atoms with van der Waals surface area (Å²) >= 11 is 0. The number of carbonyl (C=O) groups excluding carboxylic acids is 4. The third-order valence-electron chi connectivity index (χ3n) is 3.23. The topological polar surface area (TPSA) is 111 Å². The molecule has 0 saturated carbocycles. The van der Waals surface area contributed by atoms with Crippen molar-refractivity contribution < 1.29 is 28.7 Å². The number of nitrogens with one attached hydrogen (secondary N) is 2. The fraction of sp³-hybridized carbons (Fsp3) is 0.412. The molecule has 1 aromatic rings. The predicted octanol–water partition coefficient (Wildman–Crippen LogP) is 0.337.